The topological polar surface area (TPSA) is 101 Å². The molecule has 2 aliphatic rings. The van der Waals surface area contributed by atoms with Crippen molar-refractivity contribution in [1.82, 2.24) is 9.29 Å². The summed E-state index contributed by atoms with van der Waals surface area (Å²) in [5.41, 5.74) is 0.725. The van der Waals surface area contributed by atoms with E-state index in [1.54, 1.807) is 18.2 Å². The van der Waals surface area contributed by atoms with E-state index in [9.17, 15) is 13.2 Å². The Morgan fingerprint density at radius 3 is 2.56 bits per heavy atom. The van der Waals surface area contributed by atoms with Crippen molar-refractivity contribution in [2.75, 3.05) is 31.6 Å². The van der Waals surface area contributed by atoms with Crippen molar-refractivity contribution < 1.29 is 22.7 Å². The Morgan fingerprint density at radius 2 is 1.78 bits per heavy atom. The van der Waals surface area contributed by atoms with E-state index in [1.165, 1.54) is 16.6 Å². The van der Waals surface area contributed by atoms with Gasteiger partial charge in [-0.1, -0.05) is 0 Å². The van der Waals surface area contributed by atoms with E-state index in [4.69, 9.17) is 9.47 Å². The van der Waals surface area contributed by atoms with Gasteiger partial charge in [0.15, 0.2) is 11.5 Å². The van der Waals surface area contributed by atoms with E-state index in [0.29, 0.717) is 43.5 Å². The second-order valence-electron chi connectivity index (χ2n) is 6.53. The predicted octanol–water partition coefficient (Wildman–Crippen LogP) is 2.21. The Morgan fingerprint density at radius 1 is 1.04 bits per heavy atom. The number of carbonyl (C=O) groups is 1. The normalized spacial score (nSPS) is 17.5. The lowest BCUT2D eigenvalue weighted by atomic mass is 10.2. The smallest absolute Gasteiger partial charge is 0.272 e. The van der Waals surface area contributed by atoms with Crippen LogP contribution in [0, 0.1) is 0 Å². The fraction of sp³-hybridized carbons (Fsp3) is 0.389. The Balaban J connectivity index is 1.49. The van der Waals surface area contributed by atoms with E-state index in [1.807, 2.05) is 0 Å². The Hall–Kier alpha value is -2.52. The third-order valence-corrected chi connectivity index (χ3v) is 6.49. The Labute approximate surface area is 157 Å². The summed E-state index contributed by atoms with van der Waals surface area (Å²) in [4.78, 5) is 15.3. The van der Waals surface area contributed by atoms with E-state index >= 15 is 0 Å². The van der Waals surface area contributed by atoms with Gasteiger partial charge in [-0.2, -0.15) is 4.31 Å². The lowest BCUT2D eigenvalue weighted by molar-refractivity contribution is 0.102. The maximum absolute atomic E-state index is 12.6. The molecule has 4 rings (SSSR count). The molecule has 0 saturated carbocycles. The van der Waals surface area contributed by atoms with Crippen molar-refractivity contribution in [1.29, 1.82) is 0 Å². The number of nitrogens with one attached hydrogen (secondary N) is 2. The molecule has 3 heterocycles. The monoisotopic (exact) mass is 391 g/mol. The van der Waals surface area contributed by atoms with Gasteiger partial charge in [0.1, 0.15) is 10.6 Å². The van der Waals surface area contributed by atoms with Gasteiger partial charge in [0.05, 0.1) is 13.2 Å². The molecule has 2 aliphatic heterocycles. The number of rotatable bonds is 4. The molecule has 0 aliphatic carbocycles. The first kappa shape index (κ1) is 17.9. The molecule has 1 amide bonds. The number of fused-ring (bicyclic) bond motifs is 1. The minimum Gasteiger partial charge on any atom is -0.490 e. The molecule has 0 spiro atoms. The highest BCUT2D eigenvalue weighted by molar-refractivity contribution is 7.89. The average Bonchev–Trinajstić information content (AvgIpc) is 3.31. The SMILES string of the molecule is O=C(Nc1ccc2c(c1)OCCCO2)c1cc(S(=O)(=O)N2CCCC2)c[nH]1. The van der Waals surface area contributed by atoms with Gasteiger partial charge < -0.3 is 19.8 Å². The number of carbonyl (C=O) groups excluding carboxylic acids is 1. The minimum atomic E-state index is -3.55. The van der Waals surface area contributed by atoms with Crippen molar-refractivity contribution in [3.8, 4) is 11.5 Å². The van der Waals surface area contributed by atoms with Crippen LogP contribution in [0.2, 0.25) is 0 Å². The van der Waals surface area contributed by atoms with Crippen LogP contribution in [0.5, 0.6) is 11.5 Å². The second-order valence-corrected chi connectivity index (χ2v) is 8.46. The first-order valence-corrected chi connectivity index (χ1v) is 10.4. The largest absolute Gasteiger partial charge is 0.490 e. The molecule has 0 bridgehead atoms. The summed E-state index contributed by atoms with van der Waals surface area (Å²) in [5, 5.41) is 2.75. The fourth-order valence-corrected chi connectivity index (χ4v) is 4.68. The summed E-state index contributed by atoms with van der Waals surface area (Å²) in [6.07, 6.45) is 3.88. The van der Waals surface area contributed by atoms with Crippen LogP contribution in [0.4, 0.5) is 5.69 Å². The van der Waals surface area contributed by atoms with Crippen molar-refractivity contribution in [2.45, 2.75) is 24.2 Å². The van der Waals surface area contributed by atoms with Crippen LogP contribution in [-0.4, -0.2) is 49.9 Å². The summed E-state index contributed by atoms with van der Waals surface area (Å²) < 4.78 is 37.8. The summed E-state index contributed by atoms with van der Waals surface area (Å²) >= 11 is 0. The van der Waals surface area contributed by atoms with E-state index in [2.05, 4.69) is 10.3 Å². The van der Waals surface area contributed by atoms with Crippen LogP contribution in [0.15, 0.2) is 35.4 Å². The molecule has 1 saturated heterocycles. The number of sulfonamides is 1. The molecule has 0 unspecified atom stereocenters. The van der Waals surface area contributed by atoms with E-state index in [-0.39, 0.29) is 10.6 Å². The number of amides is 1. The van der Waals surface area contributed by atoms with Crippen molar-refractivity contribution in [3.05, 3.63) is 36.2 Å². The van der Waals surface area contributed by atoms with Crippen LogP contribution < -0.4 is 14.8 Å². The number of aromatic nitrogens is 1. The quantitative estimate of drug-likeness (QED) is 0.832. The highest BCUT2D eigenvalue weighted by Gasteiger charge is 2.28. The molecule has 9 heteroatoms. The number of ether oxygens (including phenoxy) is 2. The summed E-state index contributed by atoms with van der Waals surface area (Å²) in [5.74, 6) is 0.797. The number of nitrogens with zero attached hydrogens (tertiary/aromatic N) is 1. The average molecular weight is 391 g/mol. The van der Waals surface area contributed by atoms with Crippen LogP contribution in [0.1, 0.15) is 29.8 Å². The first-order valence-electron chi connectivity index (χ1n) is 8.93. The molecule has 0 radical (unpaired) electrons. The van der Waals surface area contributed by atoms with Crippen LogP contribution in [0.3, 0.4) is 0 Å². The molecular weight excluding hydrogens is 370 g/mol. The molecule has 1 aromatic carbocycles. The third-order valence-electron chi connectivity index (χ3n) is 4.61. The second kappa shape index (κ2) is 7.24. The standard InChI is InChI=1S/C18H21N3O5S/c22-18(20-13-4-5-16-17(10-13)26-9-3-8-25-16)15-11-14(12-19-15)27(23,24)21-6-1-2-7-21/h4-5,10-12,19H,1-3,6-9H2,(H,20,22). The highest BCUT2D eigenvalue weighted by Crippen LogP contribution is 2.32. The maximum Gasteiger partial charge on any atom is 0.272 e. The molecular formula is C18H21N3O5S. The van der Waals surface area contributed by atoms with Crippen LogP contribution >= 0.6 is 0 Å². The fourth-order valence-electron chi connectivity index (χ4n) is 3.17. The molecule has 27 heavy (non-hydrogen) atoms. The lowest BCUT2D eigenvalue weighted by Crippen LogP contribution is -2.27. The number of aromatic amines is 1. The van der Waals surface area contributed by atoms with E-state index < -0.39 is 15.9 Å². The molecule has 1 fully saturated rings. The van der Waals surface area contributed by atoms with E-state index in [0.717, 1.165) is 19.3 Å². The Kier molecular flexibility index (Phi) is 4.79. The number of hydrogen-bond donors (Lipinski definition) is 2. The Bertz CT molecular complexity index is 948. The molecule has 2 N–H and O–H groups in total. The van der Waals surface area contributed by atoms with Crippen LogP contribution in [-0.2, 0) is 10.0 Å². The third kappa shape index (κ3) is 3.65. The zero-order valence-electron chi connectivity index (χ0n) is 14.7. The zero-order valence-corrected chi connectivity index (χ0v) is 15.5. The predicted molar refractivity (Wildman–Crippen MR) is 98.8 cm³/mol. The van der Waals surface area contributed by atoms with Crippen LogP contribution in [0.25, 0.3) is 0 Å². The van der Waals surface area contributed by atoms with Gasteiger partial charge in [0, 0.05) is 37.5 Å². The first-order chi connectivity index (χ1) is 13.0. The number of benzene rings is 1. The van der Waals surface area contributed by atoms with Gasteiger partial charge in [0.25, 0.3) is 5.91 Å². The summed E-state index contributed by atoms with van der Waals surface area (Å²) in [7, 11) is -3.55. The summed E-state index contributed by atoms with van der Waals surface area (Å²) in [6.45, 7) is 2.19. The molecule has 1 aromatic heterocycles. The van der Waals surface area contributed by atoms with Crippen molar-refractivity contribution in [2.24, 2.45) is 0 Å². The maximum atomic E-state index is 12.6. The van der Waals surface area contributed by atoms with Gasteiger partial charge in [-0.05, 0) is 31.0 Å². The number of H-pyrrole nitrogens is 1. The van der Waals surface area contributed by atoms with Crippen molar-refractivity contribution in [3.63, 3.8) is 0 Å². The molecule has 144 valence electrons. The van der Waals surface area contributed by atoms with Crippen molar-refractivity contribution >= 4 is 21.6 Å². The zero-order chi connectivity index (χ0) is 18.9. The minimum absolute atomic E-state index is 0.105. The van der Waals surface area contributed by atoms with Gasteiger partial charge in [-0.15, -0.1) is 0 Å². The highest BCUT2D eigenvalue weighted by atomic mass is 32.2. The van der Waals surface area contributed by atoms with Gasteiger partial charge >= 0.3 is 0 Å². The lowest BCUT2D eigenvalue weighted by Gasteiger charge is -2.13. The van der Waals surface area contributed by atoms with Gasteiger partial charge in [-0.25, -0.2) is 8.42 Å². The number of anilines is 1. The number of hydrogen-bond acceptors (Lipinski definition) is 5. The molecule has 8 nitrogen and oxygen atoms in total. The summed E-state index contributed by atoms with van der Waals surface area (Å²) in [6, 6.07) is 6.53. The molecule has 2 aromatic rings. The van der Waals surface area contributed by atoms with Gasteiger partial charge in [0.2, 0.25) is 10.0 Å². The molecule has 0 atom stereocenters. The van der Waals surface area contributed by atoms with Gasteiger partial charge in [-0.3, -0.25) is 4.79 Å².